The number of nitrogens with one attached hydrogen (secondary N) is 1. The summed E-state index contributed by atoms with van der Waals surface area (Å²) in [4.78, 5) is 37.4. The molecule has 1 heterocycles. The molecule has 1 aromatic rings. The Morgan fingerprint density at radius 3 is 2.62 bits per heavy atom. The largest absolute Gasteiger partial charge is 0.493 e. The zero-order valence-corrected chi connectivity index (χ0v) is 15.3. The van der Waals surface area contributed by atoms with Crippen molar-refractivity contribution in [3.8, 4) is 5.75 Å². The maximum Gasteiger partial charge on any atom is 0.330 e. The number of ether oxygens (including phenoxy) is 1. The first-order chi connectivity index (χ1) is 12.5. The molecule has 1 unspecified atom stereocenters. The van der Waals surface area contributed by atoms with Crippen LogP contribution in [0.4, 0.5) is 0 Å². The number of carboxylic acids is 1. The van der Waals surface area contributed by atoms with Crippen molar-refractivity contribution in [1.29, 1.82) is 0 Å². The molecule has 26 heavy (non-hydrogen) atoms. The fraction of sp³-hybridized carbons (Fsp3) is 0.526. The lowest BCUT2D eigenvalue weighted by atomic mass is 10.0. The molecule has 0 aromatic heterocycles. The van der Waals surface area contributed by atoms with Gasteiger partial charge in [0.1, 0.15) is 5.75 Å². The zero-order valence-electron chi connectivity index (χ0n) is 15.3. The quantitative estimate of drug-likeness (QED) is 0.699. The van der Waals surface area contributed by atoms with Crippen LogP contribution in [-0.4, -0.2) is 47.5 Å². The normalized spacial score (nSPS) is 13.5. The van der Waals surface area contributed by atoms with E-state index >= 15 is 0 Å². The molecule has 1 aromatic carbocycles. The molecule has 0 fully saturated rings. The maximum atomic E-state index is 12.1. The molecule has 0 spiro atoms. The van der Waals surface area contributed by atoms with E-state index in [9.17, 15) is 19.5 Å². The van der Waals surface area contributed by atoms with Gasteiger partial charge in [0, 0.05) is 32.4 Å². The van der Waals surface area contributed by atoms with Crippen LogP contribution < -0.4 is 10.1 Å². The van der Waals surface area contributed by atoms with Gasteiger partial charge in [-0.3, -0.25) is 9.59 Å². The van der Waals surface area contributed by atoms with E-state index in [-0.39, 0.29) is 24.7 Å². The van der Waals surface area contributed by atoms with Gasteiger partial charge in [-0.2, -0.15) is 0 Å². The number of hydrogen-bond donors (Lipinski definition) is 2. The second-order valence-electron chi connectivity index (χ2n) is 6.22. The predicted molar refractivity (Wildman–Crippen MR) is 95.9 cm³/mol. The fourth-order valence-corrected chi connectivity index (χ4v) is 3.04. The highest BCUT2D eigenvalue weighted by Gasteiger charge is 2.24. The van der Waals surface area contributed by atoms with Gasteiger partial charge in [0.2, 0.25) is 11.8 Å². The summed E-state index contributed by atoms with van der Waals surface area (Å²) in [5, 5.41) is 12.0. The third-order valence-corrected chi connectivity index (χ3v) is 4.51. The minimum absolute atomic E-state index is 0.0104. The molecule has 1 atom stereocenters. The van der Waals surface area contributed by atoms with Gasteiger partial charge in [-0.25, -0.2) is 4.79 Å². The summed E-state index contributed by atoms with van der Waals surface area (Å²) in [6.45, 7) is 5.69. The summed E-state index contributed by atoms with van der Waals surface area (Å²) in [7, 11) is 0. The van der Waals surface area contributed by atoms with E-state index < -0.39 is 12.0 Å². The minimum Gasteiger partial charge on any atom is -0.493 e. The van der Waals surface area contributed by atoms with E-state index in [1.54, 1.807) is 23.1 Å². The highest BCUT2D eigenvalue weighted by atomic mass is 16.5. The summed E-state index contributed by atoms with van der Waals surface area (Å²) in [5.41, 5.74) is 1.47. The van der Waals surface area contributed by atoms with Crippen LogP contribution >= 0.6 is 0 Å². The fourth-order valence-electron chi connectivity index (χ4n) is 3.04. The monoisotopic (exact) mass is 362 g/mol. The summed E-state index contributed by atoms with van der Waals surface area (Å²) in [6, 6.07) is 4.06. The van der Waals surface area contributed by atoms with Crippen molar-refractivity contribution in [3.05, 3.63) is 29.3 Å². The number of fused-ring (bicyclic) bond motifs is 1. The Balaban J connectivity index is 1.90. The molecule has 1 aliphatic heterocycles. The van der Waals surface area contributed by atoms with Gasteiger partial charge in [-0.1, -0.05) is 6.07 Å². The van der Waals surface area contributed by atoms with Crippen LogP contribution in [0, 0.1) is 0 Å². The topological polar surface area (TPSA) is 95.9 Å². The molecule has 2 amide bonds. The molecule has 0 radical (unpaired) electrons. The molecule has 0 bridgehead atoms. The standard InChI is InChI=1S/C19H26N2O5/c1-3-21(4-2)17(23)7-5-6-16(22)20-18(19(24)25)14-8-9-15-13(12-14)10-11-26-15/h8-9,12,18H,3-7,10-11H2,1-2H3,(H,20,22)(H,24,25). The summed E-state index contributed by atoms with van der Waals surface area (Å²) in [5.74, 6) is -0.715. The highest BCUT2D eigenvalue weighted by molar-refractivity contribution is 5.85. The molecule has 0 saturated carbocycles. The number of rotatable bonds is 9. The first-order valence-corrected chi connectivity index (χ1v) is 9.01. The van der Waals surface area contributed by atoms with Crippen molar-refractivity contribution in [2.75, 3.05) is 19.7 Å². The van der Waals surface area contributed by atoms with Crippen molar-refractivity contribution in [2.45, 2.75) is 45.6 Å². The Morgan fingerprint density at radius 2 is 1.96 bits per heavy atom. The Morgan fingerprint density at radius 1 is 1.23 bits per heavy atom. The van der Waals surface area contributed by atoms with Crippen LogP contribution in [0.1, 0.15) is 50.3 Å². The first-order valence-electron chi connectivity index (χ1n) is 9.01. The van der Waals surface area contributed by atoms with E-state index in [1.165, 1.54) is 0 Å². The van der Waals surface area contributed by atoms with Gasteiger partial charge in [-0.15, -0.1) is 0 Å². The van der Waals surface area contributed by atoms with Crippen molar-refractivity contribution < 1.29 is 24.2 Å². The highest BCUT2D eigenvalue weighted by Crippen LogP contribution is 2.28. The molecule has 2 rings (SSSR count). The zero-order chi connectivity index (χ0) is 19.1. The van der Waals surface area contributed by atoms with Gasteiger partial charge in [0.05, 0.1) is 6.61 Å². The average molecular weight is 362 g/mol. The van der Waals surface area contributed by atoms with Crippen LogP contribution in [0.3, 0.4) is 0 Å². The van der Waals surface area contributed by atoms with Crippen LogP contribution in [0.5, 0.6) is 5.75 Å². The van der Waals surface area contributed by atoms with E-state index in [2.05, 4.69) is 5.32 Å². The van der Waals surface area contributed by atoms with Gasteiger partial charge in [-0.05, 0) is 43.5 Å². The SMILES string of the molecule is CCN(CC)C(=O)CCCC(=O)NC(C(=O)O)c1ccc2c(c1)CCO2. The number of nitrogens with zero attached hydrogens (tertiary/aromatic N) is 1. The summed E-state index contributed by atoms with van der Waals surface area (Å²) < 4.78 is 5.42. The second-order valence-corrected chi connectivity index (χ2v) is 6.22. The Labute approximate surface area is 153 Å². The average Bonchev–Trinajstić information content (AvgIpc) is 3.08. The molecular formula is C19H26N2O5. The van der Waals surface area contributed by atoms with Crippen LogP contribution in [-0.2, 0) is 20.8 Å². The molecule has 1 aliphatic rings. The van der Waals surface area contributed by atoms with E-state index in [0.29, 0.717) is 31.7 Å². The van der Waals surface area contributed by atoms with E-state index in [4.69, 9.17) is 4.74 Å². The molecule has 2 N–H and O–H groups in total. The van der Waals surface area contributed by atoms with Crippen molar-refractivity contribution in [2.24, 2.45) is 0 Å². The lowest BCUT2D eigenvalue weighted by Gasteiger charge is -2.19. The maximum absolute atomic E-state index is 12.1. The number of carbonyl (C=O) groups is 3. The molecule has 7 heteroatoms. The number of carbonyl (C=O) groups excluding carboxylic acids is 2. The van der Waals surface area contributed by atoms with Gasteiger partial charge in [0.15, 0.2) is 6.04 Å². The Hall–Kier alpha value is -2.57. The lowest BCUT2D eigenvalue weighted by Crippen LogP contribution is -2.34. The van der Waals surface area contributed by atoms with Crippen molar-refractivity contribution >= 4 is 17.8 Å². The Bertz CT molecular complexity index is 670. The van der Waals surface area contributed by atoms with Gasteiger partial charge >= 0.3 is 5.97 Å². The van der Waals surface area contributed by atoms with Crippen LogP contribution in [0.2, 0.25) is 0 Å². The predicted octanol–water partition coefficient (Wildman–Crippen LogP) is 1.90. The number of amides is 2. The number of hydrogen-bond acceptors (Lipinski definition) is 4. The summed E-state index contributed by atoms with van der Waals surface area (Å²) >= 11 is 0. The Kier molecular flexibility index (Phi) is 7.00. The summed E-state index contributed by atoms with van der Waals surface area (Å²) in [6.07, 6.45) is 1.52. The molecular weight excluding hydrogens is 336 g/mol. The second kappa shape index (κ2) is 9.22. The minimum atomic E-state index is -1.11. The molecule has 0 aliphatic carbocycles. The third kappa shape index (κ3) is 4.97. The lowest BCUT2D eigenvalue weighted by molar-refractivity contribution is -0.142. The molecule has 7 nitrogen and oxygen atoms in total. The number of aliphatic carboxylic acids is 1. The smallest absolute Gasteiger partial charge is 0.330 e. The van der Waals surface area contributed by atoms with Gasteiger partial charge in [0.25, 0.3) is 0 Å². The van der Waals surface area contributed by atoms with E-state index in [1.807, 2.05) is 13.8 Å². The van der Waals surface area contributed by atoms with Crippen LogP contribution in [0.15, 0.2) is 18.2 Å². The number of carboxylic acid groups (broad SMARTS) is 1. The number of benzene rings is 1. The van der Waals surface area contributed by atoms with Gasteiger partial charge < -0.3 is 20.1 Å². The molecule has 0 saturated heterocycles. The van der Waals surface area contributed by atoms with Crippen molar-refractivity contribution in [3.63, 3.8) is 0 Å². The third-order valence-electron chi connectivity index (χ3n) is 4.51. The van der Waals surface area contributed by atoms with Crippen molar-refractivity contribution in [1.82, 2.24) is 10.2 Å². The van der Waals surface area contributed by atoms with E-state index in [0.717, 1.165) is 17.7 Å². The van der Waals surface area contributed by atoms with Crippen LogP contribution in [0.25, 0.3) is 0 Å². The molecule has 142 valence electrons. The first kappa shape index (κ1) is 19.8.